The number of hydrogen-bond donors (Lipinski definition) is 2. The van der Waals surface area contributed by atoms with Gasteiger partial charge in [0.2, 0.25) is 5.91 Å². The molecule has 0 saturated carbocycles. The first-order valence-corrected chi connectivity index (χ1v) is 2.72. The van der Waals surface area contributed by atoms with Gasteiger partial charge >= 0.3 is 6.41 Å². The maximum absolute atomic E-state index is 10.4. The average molecular weight is 129 g/mol. The molecule has 0 rings (SSSR count). The Hall–Kier alpha value is -1.06. The molecule has 51 valence electrons. The predicted molar refractivity (Wildman–Crippen MR) is 31.9 cm³/mol. The van der Waals surface area contributed by atoms with Crippen molar-refractivity contribution in [1.82, 2.24) is 10.9 Å². The Kier molecular flexibility index (Phi) is 4.49. The molecule has 0 atom stereocenters. The molecule has 0 bridgehead atoms. The van der Waals surface area contributed by atoms with Crippen LogP contribution in [0.15, 0.2) is 0 Å². The molecular weight excluding hydrogens is 120 g/mol. The second kappa shape index (κ2) is 5.08. The topological polar surface area (TPSA) is 58.2 Å². The van der Waals surface area contributed by atoms with Gasteiger partial charge in [-0.25, -0.2) is 0 Å². The summed E-state index contributed by atoms with van der Waals surface area (Å²) < 4.78 is 0. The molecule has 2 N–H and O–H groups in total. The summed E-state index contributed by atoms with van der Waals surface area (Å²) in [4.78, 5) is 19.9. The molecule has 0 aromatic rings. The van der Waals surface area contributed by atoms with E-state index < -0.39 is 0 Å². The summed E-state index contributed by atoms with van der Waals surface area (Å²) in [6.07, 6.45) is 2.52. The standard InChI is InChI=1S/C5H9N2O2/c1-2-3-5(9)7-6-4-8/h2-3H2,1H3,(H,6,8)(H,7,9). The summed E-state index contributed by atoms with van der Waals surface area (Å²) in [6, 6.07) is 0. The molecule has 0 aromatic carbocycles. The Bertz CT molecular complexity index is 103. The minimum Gasteiger partial charge on any atom is -0.273 e. The zero-order valence-electron chi connectivity index (χ0n) is 5.23. The maximum atomic E-state index is 10.4. The molecule has 0 fully saturated rings. The van der Waals surface area contributed by atoms with Gasteiger partial charge < -0.3 is 0 Å². The van der Waals surface area contributed by atoms with E-state index in [1.54, 1.807) is 0 Å². The third kappa shape index (κ3) is 4.80. The van der Waals surface area contributed by atoms with Crippen LogP contribution in [0.25, 0.3) is 0 Å². The van der Waals surface area contributed by atoms with E-state index in [1.807, 2.05) is 12.3 Å². The van der Waals surface area contributed by atoms with E-state index in [0.717, 1.165) is 6.42 Å². The van der Waals surface area contributed by atoms with Gasteiger partial charge in [0.05, 0.1) is 0 Å². The molecule has 9 heavy (non-hydrogen) atoms. The number of rotatable bonds is 4. The summed E-state index contributed by atoms with van der Waals surface area (Å²) in [5.74, 6) is -0.194. The fraction of sp³-hybridized carbons (Fsp3) is 0.600. The zero-order chi connectivity index (χ0) is 7.11. The first-order valence-electron chi connectivity index (χ1n) is 2.72. The van der Waals surface area contributed by atoms with E-state index in [1.165, 1.54) is 6.41 Å². The second-order valence-corrected chi connectivity index (χ2v) is 1.53. The molecule has 0 aliphatic heterocycles. The zero-order valence-corrected chi connectivity index (χ0v) is 5.23. The van der Waals surface area contributed by atoms with Crippen LogP contribution in [0.5, 0.6) is 0 Å². The molecule has 1 radical (unpaired) electrons. The SMILES string of the molecule is CCCC(=O)NN[C]=O. The summed E-state index contributed by atoms with van der Waals surface area (Å²) in [7, 11) is 0. The Morgan fingerprint density at radius 2 is 2.33 bits per heavy atom. The Labute approximate surface area is 53.6 Å². The van der Waals surface area contributed by atoms with Crippen LogP contribution in [-0.4, -0.2) is 12.3 Å². The number of hydrogen-bond acceptors (Lipinski definition) is 2. The first-order chi connectivity index (χ1) is 4.31. The maximum Gasteiger partial charge on any atom is 0.329 e. The van der Waals surface area contributed by atoms with E-state index in [0.29, 0.717) is 6.42 Å². The van der Waals surface area contributed by atoms with E-state index in [9.17, 15) is 9.59 Å². The van der Waals surface area contributed by atoms with Crippen molar-refractivity contribution in [2.45, 2.75) is 19.8 Å². The highest BCUT2D eigenvalue weighted by Crippen LogP contribution is 1.82. The monoisotopic (exact) mass is 129 g/mol. The largest absolute Gasteiger partial charge is 0.329 e. The molecule has 0 heterocycles. The van der Waals surface area contributed by atoms with Crippen LogP contribution < -0.4 is 10.9 Å². The minimum atomic E-state index is -0.194. The number of hydrazine groups is 1. The highest BCUT2D eigenvalue weighted by molar-refractivity contribution is 5.76. The van der Waals surface area contributed by atoms with E-state index in [-0.39, 0.29) is 5.91 Å². The lowest BCUT2D eigenvalue weighted by Gasteiger charge is -1.97. The molecule has 0 aliphatic rings. The number of nitrogens with one attached hydrogen (secondary N) is 2. The molecule has 0 aliphatic carbocycles. The fourth-order valence-corrected chi connectivity index (χ4v) is 0.385. The Balaban J connectivity index is 3.16. The van der Waals surface area contributed by atoms with E-state index in [4.69, 9.17) is 0 Å². The molecular formula is C5H9N2O2. The fourth-order valence-electron chi connectivity index (χ4n) is 0.385. The molecule has 0 aromatic heterocycles. The van der Waals surface area contributed by atoms with Crippen LogP contribution in [0.1, 0.15) is 19.8 Å². The van der Waals surface area contributed by atoms with Gasteiger partial charge in [0.15, 0.2) is 0 Å². The summed E-state index contributed by atoms with van der Waals surface area (Å²) >= 11 is 0. The summed E-state index contributed by atoms with van der Waals surface area (Å²) in [6.45, 7) is 1.88. The molecule has 4 heteroatoms. The van der Waals surface area contributed by atoms with Crippen LogP contribution in [0.2, 0.25) is 0 Å². The Morgan fingerprint density at radius 3 is 2.78 bits per heavy atom. The normalized spacial score (nSPS) is 8.11. The third-order valence-corrected chi connectivity index (χ3v) is 0.730. The highest BCUT2D eigenvalue weighted by Gasteiger charge is 1.94. The van der Waals surface area contributed by atoms with Gasteiger partial charge in [-0.15, -0.1) is 0 Å². The Morgan fingerprint density at radius 1 is 1.67 bits per heavy atom. The summed E-state index contributed by atoms with van der Waals surface area (Å²) in [5.41, 5.74) is 4.05. The van der Waals surface area contributed by atoms with Gasteiger partial charge in [0.25, 0.3) is 0 Å². The van der Waals surface area contributed by atoms with Crippen molar-refractivity contribution in [3.05, 3.63) is 0 Å². The lowest BCUT2D eigenvalue weighted by Crippen LogP contribution is -2.35. The minimum absolute atomic E-state index is 0.194. The van der Waals surface area contributed by atoms with Crippen molar-refractivity contribution in [3.8, 4) is 0 Å². The quantitative estimate of drug-likeness (QED) is 0.396. The highest BCUT2D eigenvalue weighted by atomic mass is 16.2. The average Bonchev–Trinajstić information content (AvgIpc) is 1.85. The van der Waals surface area contributed by atoms with Gasteiger partial charge in [0, 0.05) is 6.42 Å². The molecule has 4 nitrogen and oxygen atoms in total. The van der Waals surface area contributed by atoms with Gasteiger partial charge in [-0.05, 0) is 6.42 Å². The van der Waals surface area contributed by atoms with Gasteiger partial charge in [-0.3, -0.25) is 20.4 Å². The van der Waals surface area contributed by atoms with Crippen molar-refractivity contribution in [2.24, 2.45) is 0 Å². The smallest absolute Gasteiger partial charge is 0.273 e. The van der Waals surface area contributed by atoms with Gasteiger partial charge in [-0.2, -0.15) is 0 Å². The van der Waals surface area contributed by atoms with Crippen LogP contribution in [0, 0.1) is 0 Å². The van der Waals surface area contributed by atoms with Crippen LogP contribution in [0.3, 0.4) is 0 Å². The molecule has 0 unspecified atom stereocenters. The second-order valence-electron chi connectivity index (χ2n) is 1.53. The number of amides is 2. The van der Waals surface area contributed by atoms with Crippen LogP contribution >= 0.6 is 0 Å². The van der Waals surface area contributed by atoms with Crippen molar-refractivity contribution in [3.63, 3.8) is 0 Å². The number of carbonyl (C=O) groups is 1. The van der Waals surface area contributed by atoms with Crippen LogP contribution in [0.4, 0.5) is 0 Å². The predicted octanol–water partition coefficient (Wildman–Crippen LogP) is -0.526. The van der Waals surface area contributed by atoms with E-state index in [2.05, 4.69) is 5.43 Å². The molecule has 0 saturated heterocycles. The molecule has 2 amide bonds. The lowest BCUT2D eigenvalue weighted by atomic mass is 10.3. The van der Waals surface area contributed by atoms with Crippen molar-refractivity contribution in [1.29, 1.82) is 0 Å². The van der Waals surface area contributed by atoms with Crippen molar-refractivity contribution >= 4 is 12.3 Å². The van der Waals surface area contributed by atoms with Crippen molar-refractivity contribution < 1.29 is 9.59 Å². The first kappa shape index (κ1) is 7.94. The van der Waals surface area contributed by atoms with Gasteiger partial charge in [0.1, 0.15) is 0 Å². The summed E-state index contributed by atoms with van der Waals surface area (Å²) in [5, 5.41) is 0. The van der Waals surface area contributed by atoms with Crippen molar-refractivity contribution in [2.75, 3.05) is 0 Å². The van der Waals surface area contributed by atoms with Crippen LogP contribution in [-0.2, 0) is 9.59 Å². The third-order valence-electron chi connectivity index (χ3n) is 0.730. The van der Waals surface area contributed by atoms with E-state index >= 15 is 0 Å². The van der Waals surface area contributed by atoms with Gasteiger partial charge in [-0.1, -0.05) is 6.92 Å². The molecule has 0 spiro atoms. The number of carbonyl (C=O) groups excluding carboxylic acids is 2. The lowest BCUT2D eigenvalue weighted by molar-refractivity contribution is -0.121.